The van der Waals surface area contributed by atoms with Crippen molar-refractivity contribution < 1.29 is 9.53 Å². The van der Waals surface area contributed by atoms with Gasteiger partial charge in [-0.3, -0.25) is 4.79 Å². The van der Waals surface area contributed by atoms with Gasteiger partial charge in [0.15, 0.2) is 0 Å². The smallest absolute Gasteiger partial charge is 0.305 e. The van der Waals surface area contributed by atoms with Crippen LogP contribution in [0.4, 0.5) is 0 Å². The van der Waals surface area contributed by atoms with Crippen LogP contribution in [0.25, 0.3) is 0 Å². The number of aryl methyl sites for hydroxylation is 1. The summed E-state index contributed by atoms with van der Waals surface area (Å²) in [5.74, 6) is -0.0704. The zero-order valence-electron chi connectivity index (χ0n) is 10.0. The molecule has 0 aliphatic rings. The van der Waals surface area contributed by atoms with E-state index in [1.165, 1.54) is 5.56 Å². The topological polar surface area (TPSA) is 26.3 Å². The zero-order chi connectivity index (χ0) is 12.3. The predicted octanol–water partition coefficient (Wildman–Crippen LogP) is 3.73. The largest absolute Gasteiger partial charge is 0.466 e. The molecule has 0 spiro atoms. The fourth-order valence-corrected chi connectivity index (χ4v) is 1.94. The van der Waals surface area contributed by atoms with E-state index in [4.69, 9.17) is 4.74 Å². The highest BCUT2D eigenvalue weighted by atomic mass is 79.9. The van der Waals surface area contributed by atoms with Gasteiger partial charge in [-0.1, -0.05) is 46.3 Å². The Balaban J connectivity index is 2.02. The highest BCUT2D eigenvalue weighted by Gasteiger charge is 2.01. The number of carbonyl (C=O) groups is 1. The van der Waals surface area contributed by atoms with Crippen LogP contribution in [0, 0.1) is 0 Å². The summed E-state index contributed by atoms with van der Waals surface area (Å²) < 4.78 is 5.16. The summed E-state index contributed by atoms with van der Waals surface area (Å²) in [5, 5.41) is 0.953. The first-order valence-corrected chi connectivity index (χ1v) is 7.20. The molecule has 17 heavy (non-hydrogen) atoms. The lowest BCUT2D eigenvalue weighted by molar-refractivity contribution is -0.143. The van der Waals surface area contributed by atoms with E-state index in [9.17, 15) is 4.79 Å². The Morgan fingerprint density at radius 3 is 2.59 bits per heavy atom. The Labute approximate surface area is 111 Å². The summed E-state index contributed by atoms with van der Waals surface area (Å²) in [6, 6.07) is 10.3. The van der Waals surface area contributed by atoms with Crippen LogP contribution in [0.1, 0.15) is 31.2 Å². The van der Waals surface area contributed by atoms with Gasteiger partial charge in [0.25, 0.3) is 0 Å². The molecule has 0 amide bonds. The number of halogens is 1. The zero-order valence-corrected chi connectivity index (χ0v) is 11.6. The molecule has 0 aliphatic heterocycles. The first-order chi connectivity index (χ1) is 8.33. The first kappa shape index (κ1) is 14.2. The minimum atomic E-state index is -0.0704. The number of rotatable bonds is 8. The molecule has 0 saturated heterocycles. The van der Waals surface area contributed by atoms with Crippen LogP contribution in [0.5, 0.6) is 0 Å². The molecule has 94 valence electrons. The molecule has 0 N–H and O–H groups in total. The fraction of sp³-hybridized carbons (Fsp3) is 0.500. The maximum absolute atomic E-state index is 11.3. The molecule has 0 heterocycles. The monoisotopic (exact) mass is 298 g/mol. The average Bonchev–Trinajstić information content (AvgIpc) is 2.36. The van der Waals surface area contributed by atoms with Gasteiger partial charge in [-0.15, -0.1) is 0 Å². The van der Waals surface area contributed by atoms with E-state index in [-0.39, 0.29) is 5.97 Å². The predicted molar refractivity (Wildman–Crippen MR) is 73.4 cm³/mol. The summed E-state index contributed by atoms with van der Waals surface area (Å²) in [6.45, 7) is 0.530. The normalized spacial score (nSPS) is 10.2. The van der Waals surface area contributed by atoms with Crippen LogP contribution >= 0.6 is 15.9 Å². The van der Waals surface area contributed by atoms with Crippen molar-refractivity contribution in [2.75, 3.05) is 11.9 Å². The third kappa shape index (κ3) is 7.16. The second kappa shape index (κ2) is 9.23. The van der Waals surface area contributed by atoms with Crippen LogP contribution in [0.15, 0.2) is 30.3 Å². The fourth-order valence-electron chi connectivity index (χ4n) is 1.54. The van der Waals surface area contributed by atoms with Crippen LogP contribution < -0.4 is 0 Å². The second-order valence-electron chi connectivity index (χ2n) is 3.96. The van der Waals surface area contributed by atoms with Gasteiger partial charge in [-0.2, -0.15) is 0 Å². The molecule has 3 heteroatoms. The number of unbranched alkanes of at least 4 members (excludes halogenated alkanes) is 1. The maximum Gasteiger partial charge on any atom is 0.305 e. The third-order valence-electron chi connectivity index (χ3n) is 2.48. The van der Waals surface area contributed by atoms with E-state index in [1.54, 1.807) is 0 Å². The van der Waals surface area contributed by atoms with Gasteiger partial charge in [-0.05, 0) is 31.2 Å². The second-order valence-corrected chi connectivity index (χ2v) is 4.75. The van der Waals surface area contributed by atoms with E-state index in [0.717, 1.165) is 31.0 Å². The lowest BCUT2D eigenvalue weighted by Gasteiger charge is -2.04. The maximum atomic E-state index is 11.3. The molecule has 0 aromatic heterocycles. The van der Waals surface area contributed by atoms with Crippen molar-refractivity contribution in [3.63, 3.8) is 0 Å². The van der Waals surface area contributed by atoms with Crippen LogP contribution in [-0.2, 0) is 16.0 Å². The Kier molecular flexibility index (Phi) is 7.72. The lowest BCUT2D eigenvalue weighted by atomic mass is 10.1. The quantitative estimate of drug-likeness (QED) is 0.415. The number of benzene rings is 1. The van der Waals surface area contributed by atoms with Crippen molar-refractivity contribution >= 4 is 21.9 Å². The highest BCUT2D eigenvalue weighted by Crippen LogP contribution is 2.04. The Morgan fingerprint density at radius 2 is 1.88 bits per heavy atom. The summed E-state index contributed by atoms with van der Waals surface area (Å²) in [5.41, 5.74) is 1.29. The van der Waals surface area contributed by atoms with Crippen LogP contribution in [-0.4, -0.2) is 17.9 Å². The van der Waals surface area contributed by atoms with E-state index in [1.807, 2.05) is 18.2 Å². The highest BCUT2D eigenvalue weighted by molar-refractivity contribution is 9.09. The molecule has 0 radical (unpaired) electrons. The molecule has 0 fully saturated rings. The van der Waals surface area contributed by atoms with Gasteiger partial charge in [-0.25, -0.2) is 0 Å². The van der Waals surface area contributed by atoms with E-state index >= 15 is 0 Å². The summed E-state index contributed by atoms with van der Waals surface area (Å²) >= 11 is 3.34. The number of esters is 1. The Morgan fingerprint density at radius 1 is 1.12 bits per heavy atom. The SMILES string of the molecule is O=C(CCCCBr)OCCCc1ccccc1. The van der Waals surface area contributed by atoms with Crippen molar-refractivity contribution in [1.29, 1.82) is 0 Å². The van der Waals surface area contributed by atoms with E-state index in [2.05, 4.69) is 28.1 Å². The van der Waals surface area contributed by atoms with Gasteiger partial charge < -0.3 is 4.74 Å². The molecular formula is C14H19BrO2. The molecular weight excluding hydrogens is 280 g/mol. The van der Waals surface area contributed by atoms with Crippen molar-refractivity contribution in [2.45, 2.75) is 32.1 Å². The van der Waals surface area contributed by atoms with Crippen LogP contribution in [0.2, 0.25) is 0 Å². The first-order valence-electron chi connectivity index (χ1n) is 6.08. The lowest BCUT2D eigenvalue weighted by Crippen LogP contribution is -2.06. The van der Waals surface area contributed by atoms with Gasteiger partial charge in [0.1, 0.15) is 0 Å². The molecule has 1 aromatic carbocycles. The molecule has 0 atom stereocenters. The van der Waals surface area contributed by atoms with Crippen molar-refractivity contribution in [1.82, 2.24) is 0 Å². The molecule has 0 bridgehead atoms. The number of hydrogen-bond acceptors (Lipinski definition) is 2. The summed E-state index contributed by atoms with van der Waals surface area (Å²) in [6.07, 6.45) is 4.34. The molecule has 2 nitrogen and oxygen atoms in total. The minimum Gasteiger partial charge on any atom is -0.466 e. The molecule has 1 rings (SSSR count). The van der Waals surface area contributed by atoms with Gasteiger partial charge in [0, 0.05) is 11.8 Å². The van der Waals surface area contributed by atoms with Gasteiger partial charge in [0.2, 0.25) is 0 Å². The average molecular weight is 299 g/mol. The molecule has 1 aromatic rings. The third-order valence-corrected chi connectivity index (χ3v) is 3.04. The summed E-state index contributed by atoms with van der Waals surface area (Å²) in [7, 11) is 0. The molecule has 0 saturated carbocycles. The van der Waals surface area contributed by atoms with Gasteiger partial charge >= 0.3 is 5.97 Å². The van der Waals surface area contributed by atoms with Gasteiger partial charge in [0.05, 0.1) is 6.61 Å². The number of ether oxygens (including phenoxy) is 1. The van der Waals surface area contributed by atoms with E-state index < -0.39 is 0 Å². The standard InChI is InChI=1S/C14H19BrO2/c15-11-5-4-10-14(16)17-12-6-9-13-7-2-1-3-8-13/h1-3,7-8H,4-6,9-12H2. The Hall–Kier alpha value is -0.830. The van der Waals surface area contributed by atoms with E-state index in [0.29, 0.717) is 13.0 Å². The van der Waals surface area contributed by atoms with Crippen molar-refractivity contribution in [3.8, 4) is 0 Å². The molecule has 0 unspecified atom stereocenters. The number of carbonyl (C=O) groups excluding carboxylic acids is 1. The minimum absolute atomic E-state index is 0.0704. The number of alkyl halides is 1. The summed E-state index contributed by atoms with van der Waals surface area (Å²) in [4.78, 5) is 11.3. The molecule has 0 aliphatic carbocycles. The van der Waals surface area contributed by atoms with Crippen molar-refractivity contribution in [2.24, 2.45) is 0 Å². The number of hydrogen-bond donors (Lipinski definition) is 0. The van der Waals surface area contributed by atoms with Crippen molar-refractivity contribution in [3.05, 3.63) is 35.9 Å². The van der Waals surface area contributed by atoms with Crippen LogP contribution in [0.3, 0.4) is 0 Å². The Bertz CT molecular complexity index is 311.